The molecule has 0 spiro atoms. The van der Waals surface area contributed by atoms with Crippen LogP contribution in [0.15, 0.2) is 28.2 Å². The number of carbonyl (C=O) groups is 2. The van der Waals surface area contributed by atoms with Crippen molar-refractivity contribution in [2.45, 2.75) is 32.6 Å². The smallest absolute Gasteiger partial charge is 0.341 e. The first kappa shape index (κ1) is 23.6. The highest BCUT2D eigenvalue weighted by molar-refractivity contribution is 9.10. The number of aryl methyl sites for hydroxylation is 1. The van der Waals surface area contributed by atoms with Crippen molar-refractivity contribution in [3.05, 3.63) is 49.8 Å². The average Bonchev–Trinajstić information content (AvgIpc) is 3.14. The summed E-state index contributed by atoms with van der Waals surface area (Å²) in [6.45, 7) is 2.03. The SMILES string of the molecule is C#CCOc1ccc(Br)cc1C=C(C#N)C(=O)Nc1sc2c(c1C(=O)OCC)CCCC2. The van der Waals surface area contributed by atoms with Gasteiger partial charge in [-0.3, -0.25) is 4.79 Å². The molecule has 164 valence electrons. The van der Waals surface area contributed by atoms with Gasteiger partial charge in [-0.25, -0.2) is 4.79 Å². The maximum atomic E-state index is 13.0. The fourth-order valence-corrected chi connectivity index (χ4v) is 5.08. The van der Waals surface area contributed by atoms with Crippen LogP contribution in [0, 0.1) is 23.7 Å². The lowest BCUT2D eigenvalue weighted by Crippen LogP contribution is -2.16. The largest absolute Gasteiger partial charge is 0.480 e. The molecule has 2 aromatic rings. The summed E-state index contributed by atoms with van der Waals surface area (Å²) >= 11 is 4.75. The minimum Gasteiger partial charge on any atom is -0.480 e. The van der Waals surface area contributed by atoms with Crippen LogP contribution in [-0.4, -0.2) is 25.1 Å². The van der Waals surface area contributed by atoms with Crippen molar-refractivity contribution in [1.82, 2.24) is 0 Å². The first-order chi connectivity index (χ1) is 15.5. The number of ether oxygens (including phenoxy) is 2. The fourth-order valence-electron chi connectivity index (χ4n) is 3.43. The van der Waals surface area contributed by atoms with Crippen LogP contribution in [0.25, 0.3) is 6.08 Å². The molecule has 1 N–H and O–H groups in total. The van der Waals surface area contributed by atoms with E-state index in [2.05, 4.69) is 27.2 Å². The van der Waals surface area contributed by atoms with E-state index in [9.17, 15) is 14.9 Å². The summed E-state index contributed by atoms with van der Waals surface area (Å²) in [6.07, 6.45) is 10.3. The van der Waals surface area contributed by atoms with E-state index in [4.69, 9.17) is 15.9 Å². The Hall–Kier alpha value is -3.07. The number of thiophene rings is 1. The quantitative estimate of drug-likeness (QED) is 0.240. The first-order valence-corrected chi connectivity index (χ1v) is 11.7. The third-order valence-electron chi connectivity index (χ3n) is 4.83. The van der Waals surface area contributed by atoms with E-state index in [0.29, 0.717) is 21.9 Å². The number of hydrogen-bond donors (Lipinski definition) is 1. The average molecular weight is 513 g/mol. The van der Waals surface area contributed by atoms with E-state index in [1.165, 1.54) is 17.4 Å². The van der Waals surface area contributed by atoms with Gasteiger partial charge in [0.15, 0.2) is 0 Å². The Bertz CT molecular complexity index is 1150. The predicted octanol–water partition coefficient (Wildman–Crippen LogP) is 5.12. The van der Waals surface area contributed by atoms with Crippen molar-refractivity contribution in [2.75, 3.05) is 18.5 Å². The number of nitrogens with one attached hydrogen (secondary N) is 1. The first-order valence-electron chi connectivity index (χ1n) is 10.1. The highest BCUT2D eigenvalue weighted by atomic mass is 79.9. The second-order valence-corrected chi connectivity index (χ2v) is 8.96. The molecule has 0 saturated heterocycles. The molecule has 0 fully saturated rings. The van der Waals surface area contributed by atoms with Crippen molar-refractivity contribution in [2.24, 2.45) is 0 Å². The van der Waals surface area contributed by atoms with Crippen LogP contribution in [0.4, 0.5) is 5.00 Å². The van der Waals surface area contributed by atoms with Crippen LogP contribution < -0.4 is 10.1 Å². The minimum atomic E-state index is -0.612. The summed E-state index contributed by atoms with van der Waals surface area (Å²) < 4.78 is 11.5. The number of anilines is 1. The number of carbonyl (C=O) groups excluding carboxylic acids is 2. The third kappa shape index (κ3) is 5.40. The zero-order chi connectivity index (χ0) is 23.1. The number of nitrogens with zero attached hydrogens (tertiary/aromatic N) is 1. The van der Waals surface area contributed by atoms with E-state index in [1.54, 1.807) is 25.1 Å². The topological polar surface area (TPSA) is 88.4 Å². The van der Waals surface area contributed by atoms with Gasteiger partial charge in [0.1, 0.15) is 29.0 Å². The Labute approximate surface area is 199 Å². The number of amides is 1. The number of esters is 1. The van der Waals surface area contributed by atoms with Crippen LogP contribution in [0.2, 0.25) is 0 Å². The zero-order valence-corrected chi connectivity index (χ0v) is 19.9. The Morgan fingerprint density at radius 2 is 2.12 bits per heavy atom. The van der Waals surface area contributed by atoms with Gasteiger partial charge in [-0.05, 0) is 62.4 Å². The second-order valence-electron chi connectivity index (χ2n) is 6.93. The Kier molecular flexibility index (Phi) is 8.10. The molecule has 1 amide bonds. The van der Waals surface area contributed by atoms with Gasteiger partial charge in [0.05, 0.1) is 12.2 Å². The van der Waals surface area contributed by atoms with Crippen LogP contribution >= 0.6 is 27.3 Å². The summed E-state index contributed by atoms with van der Waals surface area (Å²) in [5, 5.41) is 12.8. The van der Waals surface area contributed by atoms with Gasteiger partial charge in [-0.15, -0.1) is 17.8 Å². The van der Waals surface area contributed by atoms with Crippen LogP contribution in [-0.2, 0) is 22.4 Å². The summed E-state index contributed by atoms with van der Waals surface area (Å²) in [4.78, 5) is 26.7. The highest BCUT2D eigenvalue weighted by Gasteiger charge is 2.27. The van der Waals surface area contributed by atoms with E-state index in [-0.39, 0.29) is 18.8 Å². The van der Waals surface area contributed by atoms with Crippen LogP contribution in [0.1, 0.15) is 46.1 Å². The van der Waals surface area contributed by atoms with Crippen molar-refractivity contribution < 1.29 is 19.1 Å². The van der Waals surface area contributed by atoms with E-state index >= 15 is 0 Å². The lowest BCUT2D eigenvalue weighted by Gasteiger charge is -2.12. The van der Waals surface area contributed by atoms with Gasteiger partial charge in [0.2, 0.25) is 0 Å². The van der Waals surface area contributed by atoms with Crippen LogP contribution in [0.3, 0.4) is 0 Å². The van der Waals surface area contributed by atoms with Gasteiger partial charge in [0.25, 0.3) is 5.91 Å². The molecule has 6 nitrogen and oxygen atoms in total. The standard InChI is InChI=1S/C24H21BrN2O4S/c1-3-11-31-19-10-9-17(25)13-15(19)12-16(14-26)22(28)27-23-21(24(29)30-4-2)18-7-5-6-8-20(18)32-23/h1,9-10,12-13H,4-8,11H2,2H3,(H,27,28). The molecule has 0 aliphatic heterocycles. The molecule has 0 unspecified atom stereocenters. The van der Waals surface area contributed by atoms with Gasteiger partial charge in [0, 0.05) is 14.9 Å². The Morgan fingerprint density at radius 1 is 1.34 bits per heavy atom. The lowest BCUT2D eigenvalue weighted by atomic mass is 9.95. The second kappa shape index (κ2) is 11.0. The molecule has 1 aromatic heterocycles. The molecule has 1 aliphatic carbocycles. The lowest BCUT2D eigenvalue weighted by molar-refractivity contribution is -0.112. The van der Waals surface area contributed by atoms with Crippen molar-refractivity contribution in [1.29, 1.82) is 5.26 Å². The molecular weight excluding hydrogens is 492 g/mol. The zero-order valence-electron chi connectivity index (χ0n) is 17.5. The number of benzene rings is 1. The monoisotopic (exact) mass is 512 g/mol. The van der Waals surface area contributed by atoms with E-state index in [0.717, 1.165) is 40.6 Å². The summed E-state index contributed by atoms with van der Waals surface area (Å²) in [6, 6.07) is 7.14. The summed E-state index contributed by atoms with van der Waals surface area (Å²) in [5.41, 5.74) is 1.74. The number of fused-ring (bicyclic) bond motifs is 1. The molecule has 0 bridgehead atoms. The van der Waals surface area contributed by atoms with E-state index in [1.807, 2.05) is 6.07 Å². The van der Waals surface area contributed by atoms with Crippen molar-refractivity contribution >= 4 is 50.2 Å². The molecule has 1 aliphatic rings. The number of terminal acetylenes is 1. The highest BCUT2D eigenvalue weighted by Crippen LogP contribution is 2.39. The Balaban J connectivity index is 1.94. The maximum absolute atomic E-state index is 13.0. The number of rotatable bonds is 7. The molecule has 3 rings (SSSR count). The minimum absolute atomic E-state index is 0.0558. The molecular formula is C24H21BrN2O4S. The van der Waals surface area contributed by atoms with Gasteiger partial charge in [-0.1, -0.05) is 21.9 Å². The van der Waals surface area contributed by atoms with Crippen molar-refractivity contribution in [3.8, 4) is 24.2 Å². The maximum Gasteiger partial charge on any atom is 0.341 e. The van der Waals surface area contributed by atoms with Gasteiger partial charge in [-0.2, -0.15) is 5.26 Å². The molecule has 32 heavy (non-hydrogen) atoms. The fraction of sp³-hybridized carbons (Fsp3) is 0.292. The molecule has 1 heterocycles. The normalized spacial score (nSPS) is 12.8. The number of nitriles is 1. The number of halogens is 1. The molecule has 1 aromatic carbocycles. The number of hydrogen-bond acceptors (Lipinski definition) is 6. The van der Waals surface area contributed by atoms with Gasteiger partial charge >= 0.3 is 5.97 Å². The Morgan fingerprint density at radius 3 is 2.84 bits per heavy atom. The molecule has 0 radical (unpaired) electrons. The third-order valence-corrected chi connectivity index (χ3v) is 6.53. The summed E-state index contributed by atoms with van der Waals surface area (Å²) in [7, 11) is 0. The predicted molar refractivity (Wildman–Crippen MR) is 128 cm³/mol. The van der Waals surface area contributed by atoms with E-state index < -0.39 is 11.9 Å². The molecule has 0 saturated carbocycles. The van der Waals surface area contributed by atoms with Gasteiger partial charge < -0.3 is 14.8 Å². The van der Waals surface area contributed by atoms with Crippen molar-refractivity contribution in [3.63, 3.8) is 0 Å². The molecule has 8 heteroatoms. The molecule has 0 atom stereocenters. The summed E-state index contributed by atoms with van der Waals surface area (Å²) in [5.74, 6) is 1.77. The van der Waals surface area contributed by atoms with Crippen LogP contribution in [0.5, 0.6) is 5.75 Å².